The number of thiophene rings is 3. The van der Waals surface area contributed by atoms with Crippen LogP contribution < -0.4 is 0 Å². The Hall–Kier alpha value is -19.1. The van der Waals surface area contributed by atoms with Crippen molar-refractivity contribution in [2.24, 2.45) is 0 Å². The van der Waals surface area contributed by atoms with Crippen LogP contribution in [0.4, 0.5) is 0 Å². The van der Waals surface area contributed by atoms with Gasteiger partial charge in [-0.25, -0.2) is 29.9 Å². The van der Waals surface area contributed by atoms with E-state index in [2.05, 4.69) is 505 Å². The minimum atomic E-state index is 0.705. The first-order chi connectivity index (χ1) is 74.4. The Morgan fingerprint density at radius 1 is 0.147 bits per heavy atom. The lowest BCUT2D eigenvalue weighted by molar-refractivity contribution is 1.17. The minimum Gasteiger partial charge on any atom is -0.309 e. The smallest absolute Gasteiger partial charge is 0.160 e. The third kappa shape index (κ3) is 15.9. The van der Waals surface area contributed by atoms with Gasteiger partial charge in [-0.3, -0.25) is 0 Å². The Morgan fingerprint density at radius 3 is 0.860 bits per heavy atom. The number of nitrogens with zero attached hydrogens (tertiary/aromatic N) is 9. The summed E-state index contributed by atoms with van der Waals surface area (Å²) >= 11 is 5.61. The van der Waals surface area contributed by atoms with Crippen molar-refractivity contribution in [2.45, 2.75) is 0 Å². The average Bonchev–Trinajstić information content (AvgIpc) is 1.55. The second kappa shape index (κ2) is 37.8. The molecule has 0 aliphatic rings. The minimum absolute atomic E-state index is 0.705. The van der Waals surface area contributed by atoms with Gasteiger partial charge in [0.05, 0.1) is 67.3 Å². The van der Waals surface area contributed by atoms with Crippen molar-refractivity contribution in [1.29, 1.82) is 0 Å². The summed E-state index contributed by atoms with van der Waals surface area (Å²) in [6.07, 6.45) is 0. The fourth-order valence-corrected chi connectivity index (χ4v) is 25.4. The van der Waals surface area contributed by atoms with Gasteiger partial charge in [0.1, 0.15) is 0 Å². The van der Waals surface area contributed by atoms with E-state index in [0.29, 0.717) is 17.5 Å². The van der Waals surface area contributed by atoms with Crippen molar-refractivity contribution in [3.63, 3.8) is 0 Å². The van der Waals surface area contributed by atoms with E-state index < -0.39 is 0 Å². The molecule has 0 unspecified atom stereocenters. The number of hydrogen-bond acceptors (Lipinski definition) is 9. The molecule has 0 aliphatic carbocycles. The molecule has 30 rings (SSSR count). The molecule has 0 atom stereocenters. The van der Waals surface area contributed by atoms with Gasteiger partial charge < -0.3 is 13.7 Å². The molecule has 0 fully saturated rings. The van der Waals surface area contributed by atoms with Crippen molar-refractivity contribution < 1.29 is 0 Å². The molecule has 9 aromatic heterocycles. The van der Waals surface area contributed by atoms with E-state index in [9.17, 15) is 0 Å². The van der Waals surface area contributed by atoms with Gasteiger partial charge in [0.25, 0.3) is 0 Å². The average molecular weight is 1970 g/mol. The molecule has 12 heteroatoms. The SMILES string of the molecule is c1ccc(-c2cc(-c3ccccc3)nc(-c3ccc(-n4c5ccccc5c5c(-c6ccccc6)cc6sc7ccccc7c6c54)cc3)n2)cc1.c1ccc(-c2cc(-c3ccccc3)nc(-c3ccc(-n4c5ccccc5c5cc(-c6ccccc6)c6sc7ccccc7c6c54)cc3)n2)cc1.c1ccc(-c2ccc3c4ccc5sc6ccccc6c5c4n(-c4ccc(-c5nc(-c6ccccc6)cc(-c6ccccc6)n5)cc4)c3c2)cc1. The van der Waals surface area contributed by atoms with Gasteiger partial charge in [-0.05, 0) is 173 Å². The van der Waals surface area contributed by atoms with Crippen molar-refractivity contribution in [3.8, 4) is 152 Å². The maximum Gasteiger partial charge on any atom is 0.160 e. The first-order valence-corrected chi connectivity index (χ1v) is 53.0. The molecule has 30 aromatic rings. The standard InChI is InChI=1S/3C46H29N3S/c1-4-14-30(15-5-1)37-28-42-44(36-21-11-13-23-41(36)50-42)45-43(37)35-20-10-12-22-40(35)49(45)34-26-24-33(25-27-34)46-47-38(31-16-6-2-7-17-31)29-39(48-46)32-18-8-3-9-19-32;1-4-14-30(15-5-1)37-28-38-35-20-10-12-22-41(35)49(44(38)43-36-21-11-13-23-42(36)50-45(37)43)34-26-24-33(25-27-34)46-47-39(31-16-6-2-7-17-31)29-40(48-46)32-18-8-3-9-19-32;1-4-12-30(13-5-1)34-22-25-36-37-26-27-43-44(38-18-10-11-19-42(38)50-43)45(37)49(41(36)28-34)35-23-20-33(21-24-35)46-47-39(31-14-6-2-7-15-31)29-40(48-46)32-16-8-3-9-17-32/h3*1-29H. The Morgan fingerprint density at radius 2 is 0.440 bits per heavy atom. The number of fused-ring (bicyclic) bond motifs is 21. The van der Waals surface area contributed by atoms with Crippen molar-refractivity contribution in [3.05, 3.63) is 528 Å². The third-order valence-corrected chi connectivity index (χ3v) is 32.3. The normalized spacial score (nSPS) is 11.6. The van der Waals surface area contributed by atoms with Gasteiger partial charge in [0, 0.05) is 166 Å². The quantitative estimate of drug-likeness (QED) is 0.102. The number of aromatic nitrogens is 9. The lowest BCUT2D eigenvalue weighted by Crippen LogP contribution is -1.97. The molecule has 150 heavy (non-hydrogen) atoms. The summed E-state index contributed by atoms with van der Waals surface area (Å²) < 4.78 is 15.1. The molecule has 0 aliphatic heterocycles. The number of rotatable bonds is 15. The summed E-state index contributed by atoms with van der Waals surface area (Å²) in [7, 11) is 0. The molecule has 0 amide bonds. The van der Waals surface area contributed by atoms with Crippen molar-refractivity contribution in [1.82, 2.24) is 43.6 Å². The van der Waals surface area contributed by atoms with Crippen LogP contribution in [-0.2, 0) is 0 Å². The number of para-hydroxylation sites is 2. The first kappa shape index (κ1) is 88.6. The summed E-state index contributed by atoms with van der Waals surface area (Å²) in [5.41, 5.74) is 32.7. The summed E-state index contributed by atoms with van der Waals surface area (Å²) in [5.74, 6) is 2.12. The predicted molar refractivity (Wildman–Crippen MR) is 633 cm³/mol. The van der Waals surface area contributed by atoms with Crippen molar-refractivity contribution >= 4 is 160 Å². The fourth-order valence-electron chi connectivity index (χ4n) is 21.9. The zero-order valence-corrected chi connectivity index (χ0v) is 83.4. The van der Waals surface area contributed by atoms with E-state index in [1.165, 1.54) is 159 Å². The van der Waals surface area contributed by atoms with Gasteiger partial charge in [0.15, 0.2) is 17.5 Å². The zero-order chi connectivity index (χ0) is 99.1. The van der Waals surface area contributed by atoms with Crippen molar-refractivity contribution in [2.75, 3.05) is 0 Å². The zero-order valence-electron chi connectivity index (χ0n) is 81.0. The Balaban J connectivity index is 0.000000108. The highest BCUT2D eigenvalue weighted by Gasteiger charge is 2.28. The highest BCUT2D eigenvalue weighted by atomic mass is 32.1. The molecular formula is C138H87N9S3. The van der Waals surface area contributed by atoms with E-state index in [0.717, 1.165) is 101 Å². The molecule has 0 bridgehead atoms. The monoisotopic (exact) mass is 1970 g/mol. The molecule has 0 saturated heterocycles. The van der Waals surface area contributed by atoms with Crippen LogP contribution in [0.1, 0.15) is 0 Å². The second-order valence-electron chi connectivity index (χ2n) is 37.8. The van der Waals surface area contributed by atoms with Gasteiger partial charge in [-0.1, -0.05) is 382 Å². The largest absolute Gasteiger partial charge is 0.309 e. The Bertz CT molecular complexity index is 10100. The first-order valence-electron chi connectivity index (χ1n) is 50.5. The van der Waals surface area contributed by atoms with Crippen LogP contribution in [0.15, 0.2) is 528 Å². The van der Waals surface area contributed by atoms with E-state index in [-0.39, 0.29) is 0 Å². The van der Waals surface area contributed by atoms with Crippen LogP contribution in [0.25, 0.3) is 278 Å². The van der Waals surface area contributed by atoms with Crippen LogP contribution in [0.5, 0.6) is 0 Å². The second-order valence-corrected chi connectivity index (χ2v) is 41.0. The molecule has 0 spiro atoms. The highest BCUT2D eigenvalue weighted by Crippen LogP contribution is 2.52. The molecule has 0 saturated carbocycles. The summed E-state index contributed by atoms with van der Waals surface area (Å²) in [6.45, 7) is 0. The van der Waals surface area contributed by atoms with Crippen LogP contribution >= 0.6 is 34.0 Å². The highest BCUT2D eigenvalue weighted by molar-refractivity contribution is 7.27. The van der Waals surface area contributed by atoms with E-state index in [4.69, 9.17) is 29.9 Å². The summed E-state index contributed by atoms with van der Waals surface area (Å²) in [5, 5.41) is 15.3. The fraction of sp³-hybridized carbons (Fsp3) is 0. The molecule has 9 heterocycles. The van der Waals surface area contributed by atoms with Crippen LogP contribution in [0, 0.1) is 0 Å². The number of hydrogen-bond donors (Lipinski definition) is 0. The molecular weight excluding hydrogens is 1880 g/mol. The molecule has 21 aromatic carbocycles. The lowest BCUT2D eigenvalue weighted by Gasteiger charge is -2.12. The molecule has 702 valence electrons. The van der Waals surface area contributed by atoms with Gasteiger partial charge in [0.2, 0.25) is 0 Å². The lowest BCUT2D eigenvalue weighted by atomic mass is 9.97. The molecule has 9 nitrogen and oxygen atoms in total. The maximum absolute atomic E-state index is 5.09. The van der Waals surface area contributed by atoms with Crippen LogP contribution in [0.3, 0.4) is 0 Å². The summed E-state index contributed by atoms with van der Waals surface area (Å²) in [4.78, 5) is 30.5. The topological polar surface area (TPSA) is 92.1 Å². The van der Waals surface area contributed by atoms with Gasteiger partial charge >= 0.3 is 0 Å². The van der Waals surface area contributed by atoms with Gasteiger partial charge in [-0.15, -0.1) is 34.0 Å². The predicted octanol–water partition coefficient (Wildman–Crippen LogP) is 37.8. The molecule has 0 radical (unpaired) electrons. The third-order valence-electron chi connectivity index (χ3n) is 28.9. The maximum atomic E-state index is 5.09. The van der Waals surface area contributed by atoms with Gasteiger partial charge in [-0.2, -0.15) is 0 Å². The van der Waals surface area contributed by atoms with Crippen LogP contribution in [0.2, 0.25) is 0 Å². The van der Waals surface area contributed by atoms with E-state index in [1.807, 2.05) is 70.4 Å². The number of benzene rings is 21. The van der Waals surface area contributed by atoms with E-state index in [1.54, 1.807) is 0 Å². The van der Waals surface area contributed by atoms with Crippen LogP contribution in [-0.4, -0.2) is 43.6 Å². The molecule has 0 N–H and O–H groups in total. The summed E-state index contributed by atoms with van der Waals surface area (Å²) in [6, 6.07) is 187. The Kier molecular flexibility index (Phi) is 22.3. The Labute approximate surface area is 876 Å². The van der Waals surface area contributed by atoms with E-state index >= 15 is 0 Å².